The van der Waals surface area contributed by atoms with E-state index >= 15 is 0 Å². The van der Waals surface area contributed by atoms with Crippen LogP contribution in [-0.2, 0) is 22.3 Å². The average Bonchev–Trinajstić information content (AvgIpc) is 3.24. The zero-order valence-electron chi connectivity index (χ0n) is 12.7. The van der Waals surface area contributed by atoms with Crippen molar-refractivity contribution in [2.75, 3.05) is 20.3 Å². The highest BCUT2D eigenvalue weighted by atomic mass is 79.9. The van der Waals surface area contributed by atoms with Gasteiger partial charge < -0.3 is 10.1 Å². The van der Waals surface area contributed by atoms with Crippen molar-refractivity contribution in [1.29, 1.82) is 0 Å². The third-order valence-corrected chi connectivity index (χ3v) is 4.34. The Labute approximate surface area is 140 Å². The quantitative estimate of drug-likeness (QED) is 0.685. The van der Waals surface area contributed by atoms with Crippen LogP contribution in [0.3, 0.4) is 0 Å². The number of amides is 1. The number of aromatic nitrogens is 2. The monoisotopic (exact) mass is 397 g/mol. The first-order chi connectivity index (χ1) is 10.8. The number of aryl methyl sites for hydroxylation is 1. The van der Waals surface area contributed by atoms with Gasteiger partial charge in [0.1, 0.15) is 0 Å². The van der Waals surface area contributed by atoms with E-state index in [0.29, 0.717) is 25.3 Å². The number of carbonyl (C=O) groups is 1. The topological polar surface area (TPSA) is 56.1 Å². The molecule has 1 aromatic heterocycles. The summed E-state index contributed by atoms with van der Waals surface area (Å²) in [4.78, 5) is 11.7. The Morgan fingerprint density at radius 2 is 2.17 bits per heavy atom. The third kappa shape index (κ3) is 4.94. The lowest BCUT2D eigenvalue weighted by molar-refractivity contribution is -0.142. The van der Waals surface area contributed by atoms with Crippen molar-refractivity contribution in [3.05, 3.63) is 15.9 Å². The number of nitrogens with one attached hydrogen (secondary N) is 1. The molecule has 0 aromatic carbocycles. The van der Waals surface area contributed by atoms with E-state index in [0.717, 1.165) is 12.8 Å². The number of ether oxygens (including phenoxy) is 1. The molecule has 0 saturated heterocycles. The van der Waals surface area contributed by atoms with Crippen LogP contribution in [0.15, 0.2) is 4.47 Å². The Bertz CT molecular complexity index is 556. The predicted molar refractivity (Wildman–Crippen MR) is 81.0 cm³/mol. The summed E-state index contributed by atoms with van der Waals surface area (Å²) < 4.78 is 45.1. The minimum Gasteiger partial charge on any atom is -0.385 e. The van der Waals surface area contributed by atoms with Crippen molar-refractivity contribution in [3.63, 3.8) is 0 Å². The maximum atomic E-state index is 13.0. The molecule has 1 aliphatic rings. The highest BCUT2D eigenvalue weighted by molar-refractivity contribution is 9.10. The molecule has 130 valence electrons. The van der Waals surface area contributed by atoms with Crippen molar-refractivity contribution in [2.24, 2.45) is 0 Å². The molecule has 1 heterocycles. The molecule has 1 saturated carbocycles. The summed E-state index contributed by atoms with van der Waals surface area (Å²) in [7, 11) is 1.58. The molecule has 1 fully saturated rings. The van der Waals surface area contributed by atoms with Gasteiger partial charge in [-0.05, 0) is 35.2 Å². The summed E-state index contributed by atoms with van der Waals surface area (Å²) in [5.74, 6) is -0.110. The maximum absolute atomic E-state index is 13.0. The molecule has 0 radical (unpaired) electrons. The third-order valence-electron chi connectivity index (χ3n) is 3.56. The second kappa shape index (κ2) is 7.65. The standard InChI is InChI=1S/C14H19BrF3N3O2/c1-23-8-2-6-19-10(22)5-7-21-12(9-3-4-9)11(15)13(20-21)14(16,17)18/h9H,2-8H2,1H3,(H,19,22). The van der Waals surface area contributed by atoms with E-state index < -0.39 is 11.9 Å². The molecule has 0 aliphatic heterocycles. The van der Waals surface area contributed by atoms with Crippen LogP contribution in [0.25, 0.3) is 0 Å². The molecule has 5 nitrogen and oxygen atoms in total. The maximum Gasteiger partial charge on any atom is 0.436 e. The minimum absolute atomic E-state index is 0.00741. The number of rotatable bonds is 8. The molecule has 0 atom stereocenters. The lowest BCUT2D eigenvalue weighted by Crippen LogP contribution is -2.26. The largest absolute Gasteiger partial charge is 0.436 e. The minimum atomic E-state index is -4.50. The Morgan fingerprint density at radius 3 is 2.74 bits per heavy atom. The summed E-state index contributed by atoms with van der Waals surface area (Å²) in [6.45, 7) is 1.17. The zero-order valence-corrected chi connectivity index (χ0v) is 14.3. The average molecular weight is 398 g/mol. The second-order valence-electron chi connectivity index (χ2n) is 5.49. The van der Waals surface area contributed by atoms with Crippen molar-refractivity contribution in [3.8, 4) is 0 Å². The van der Waals surface area contributed by atoms with Crippen molar-refractivity contribution in [1.82, 2.24) is 15.1 Å². The van der Waals surface area contributed by atoms with Gasteiger partial charge in [-0.3, -0.25) is 9.48 Å². The van der Waals surface area contributed by atoms with Gasteiger partial charge in [-0.1, -0.05) is 0 Å². The molecule has 2 rings (SSSR count). The first-order valence-electron chi connectivity index (χ1n) is 7.43. The lowest BCUT2D eigenvalue weighted by Gasteiger charge is -2.08. The van der Waals surface area contributed by atoms with Gasteiger partial charge in [-0.25, -0.2) is 0 Å². The number of hydrogen-bond acceptors (Lipinski definition) is 3. The molecule has 0 unspecified atom stereocenters. The SMILES string of the molecule is COCCCNC(=O)CCn1nc(C(F)(F)F)c(Br)c1C1CC1. The van der Waals surface area contributed by atoms with E-state index in [2.05, 4.69) is 26.3 Å². The van der Waals surface area contributed by atoms with Crippen LogP contribution in [0.1, 0.15) is 43.0 Å². The van der Waals surface area contributed by atoms with Gasteiger partial charge in [-0.2, -0.15) is 18.3 Å². The molecular weight excluding hydrogens is 379 g/mol. The van der Waals surface area contributed by atoms with Gasteiger partial charge in [0.05, 0.1) is 16.7 Å². The first kappa shape index (κ1) is 18.3. The van der Waals surface area contributed by atoms with Crippen LogP contribution in [0, 0.1) is 0 Å². The summed E-state index contributed by atoms with van der Waals surface area (Å²) >= 11 is 3.03. The van der Waals surface area contributed by atoms with E-state index in [1.807, 2.05) is 0 Å². The molecule has 1 amide bonds. The first-order valence-corrected chi connectivity index (χ1v) is 8.23. The number of halogens is 4. The molecule has 1 aliphatic carbocycles. The van der Waals surface area contributed by atoms with E-state index in [4.69, 9.17) is 4.74 Å². The summed E-state index contributed by atoms with van der Waals surface area (Å²) in [6.07, 6.45) is -2.01. The normalized spacial score (nSPS) is 15.0. The van der Waals surface area contributed by atoms with Crippen molar-refractivity contribution >= 4 is 21.8 Å². The number of hydrogen-bond donors (Lipinski definition) is 1. The number of carbonyl (C=O) groups excluding carboxylic acids is 1. The van der Waals surface area contributed by atoms with Crippen LogP contribution in [0.4, 0.5) is 13.2 Å². The molecular formula is C14H19BrF3N3O2. The van der Waals surface area contributed by atoms with Gasteiger partial charge in [-0.15, -0.1) is 0 Å². The van der Waals surface area contributed by atoms with E-state index in [1.54, 1.807) is 7.11 Å². The van der Waals surface area contributed by atoms with E-state index in [-0.39, 0.29) is 29.3 Å². The van der Waals surface area contributed by atoms with E-state index in [1.165, 1.54) is 4.68 Å². The highest BCUT2D eigenvalue weighted by Crippen LogP contribution is 2.46. The zero-order chi connectivity index (χ0) is 17.0. The van der Waals surface area contributed by atoms with Crippen LogP contribution >= 0.6 is 15.9 Å². The van der Waals surface area contributed by atoms with Gasteiger partial charge in [0.15, 0.2) is 5.69 Å². The van der Waals surface area contributed by atoms with Gasteiger partial charge in [0.2, 0.25) is 5.91 Å². The predicted octanol–water partition coefficient (Wildman–Crippen LogP) is 3.08. The van der Waals surface area contributed by atoms with Crippen LogP contribution in [0.5, 0.6) is 0 Å². The highest BCUT2D eigenvalue weighted by Gasteiger charge is 2.41. The molecule has 23 heavy (non-hydrogen) atoms. The van der Waals surface area contributed by atoms with Gasteiger partial charge in [0.25, 0.3) is 0 Å². The number of alkyl halides is 3. The number of methoxy groups -OCH3 is 1. The Kier molecular flexibility index (Phi) is 6.07. The smallest absolute Gasteiger partial charge is 0.385 e. The summed E-state index contributed by atoms with van der Waals surface area (Å²) in [5, 5.41) is 6.38. The molecule has 0 bridgehead atoms. The number of nitrogens with zero attached hydrogens (tertiary/aromatic N) is 2. The molecule has 0 spiro atoms. The molecule has 1 aromatic rings. The second-order valence-corrected chi connectivity index (χ2v) is 6.28. The van der Waals surface area contributed by atoms with Crippen molar-refractivity contribution < 1.29 is 22.7 Å². The van der Waals surface area contributed by atoms with Crippen LogP contribution < -0.4 is 5.32 Å². The fourth-order valence-corrected chi connectivity index (χ4v) is 3.12. The van der Waals surface area contributed by atoms with E-state index in [9.17, 15) is 18.0 Å². The fraction of sp³-hybridized carbons (Fsp3) is 0.714. The van der Waals surface area contributed by atoms with Crippen LogP contribution in [-0.4, -0.2) is 35.9 Å². The summed E-state index contributed by atoms with van der Waals surface area (Å²) in [5.41, 5.74) is -0.371. The Hall–Kier alpha value is -1.09. The fourth-order valence-electron chi connectivity index (χ4n) is 2.29. The van der Waals surface area contributed by atoms with Gasteiger partial charge >= 0.3 is 6.18 Å². The molecule has 9 heteroatoms. The van der Waals surface area contributed by atoms with Gasteiger partial charge in [0, 0.05) is 32.6 Å². The molecule has 1 N–H and O–H groups in total. The van der Waals surface area contributed by atoms with Crippen LogP contribution in [0.2, 0.25) is 0 Å². The Morgan fingerprint density at radius 1 is 1.48 bits per heavy atom. The Balaban J connectivity index is 1.98. The lowest BCUT2D eigenvalue weighted by atomic mass is 10.2. The van der Waals surface area contributed by atoms with Crippen molar-refractivity contribution in [2.45, 2.75) is 44.3 Å². The summed E-state index contributed by atoms with van der Waals surface area (Å²) in [6, 6.07) is 0.